The van der Waals surface area contributed by atoms with Crippen molar-refractivity contribution < 1.29 is 80.2 Å². The molecule has 2 unspecified atom stereocenters. The van der Waals surface area contributed by atoms with Crippen LogP contribution in [0.3, 0.4) is 0 Å². The summed E-state index contributed by atoms with van der Waals surface area (Å²) in [6.45, 7) is 14.1. The zero-order valence-corrected chi connectivity index (χ0v) is 62.7. The van der Waals surface area contributed by atoms with Crippen molar-refractivity contribution in [1.82, 2.24) is 0 Å². The number of esters is 4. The van der Waals surface area contributed by atoms with E-state index in [4.69, 9.17) is 37.0 Å². The smallest absolute Gasteiger partial charge is 0.462 e. The van der Waals surface area contributed by atoms with Gasteiger partial charge in [-0.05, 0) is 49.4 Å². The lowest BCUT2D eigenvalue weighted by Crippen LogP contribution is -2.30. The first kappa shape index (κ1) is 91.1. The number of phosphoric acid groups is 2. The van der Waals surface area contributed by atoms with Crippen LogP contribution in [0.4, 0.5) is 0 Å². The number of carbonyl (C=O) groups excluding carboxylic acids is 4. The molecule has 3 N–H and O–H groups in total. The van der Waals surface area contributed by atoms with Gasteiger partial charge >= 0.3 is 39.5 Å². The number of hydrogen-bond acceptors (Lipinski definition) is 15. The Hall–Kier alpha value is -1.94. The number of carbonyl (C=O) groups is 4. The normalized spacial score (nSPS) is 14.2. The van der Waals surface area contributed by atoms with E-state index in [0.717, 1.165) is 114 Å². The van der Waals surface area contributed by atoms with E-state index in [9.17, 15) is 43.2 Å². The summed E-state index contributed by atoms with van der Waals surface area (Å²) in [5, 5.41) is 10.6. The van der Waals surface area contributed by atoms with Crippen LogP contribution in [0.2, 0.25) is 0 Å². The van der Waals surface area contributed by atoms with Crippen molar-refractivity contribution in [3.05, 3.63) is 0 Å². The summed E-state index contributed by atoms with van der Waals surface area (Å²) in [6.07, 6.45) is 47.3. The average Bonchev–Trinajstić information content (AvgIpc) is 3.56. The molecule has 0 aromatic rings. The number of phosphoric ester groups is 2. The third-order valence-electron chi connectivity index (χ3n) is 17.1. The number of aliphatic hydroxyl groups is 1. The molecule has 0 saturated carbocycles. The molecule has 17 nitrogen and oxygen atoms in total. The molecule has 552 valence electrons. The SMILES string of the molecule is CC(C)CCCCCCCCCCCCCCCC(=O)OC[C@H](COP(=O)(O)OC[C@@H](O)COP(=O)(O)OC[C@@H](COC(=O)CCCCCCCCC(C)C)OC(=O)CCCCCCCCCCCCCCCC(C)C)OC(=O)CCCCCCCCCCCC(C)C. The van der Waals surface area contributed by atoms with Gasteiger partial charge in [-0.1, -0.05) is 319 Å². The van der Waals surface area contributed by atoms with Gasteiger partial charge in [-0.2, -0.15) is 0 Å². The first-order chi connectivity index (χ1) is 44.6. The summed E-state index contributed by atoms with van der Waals surface area (Å²) in [5.74, 6) is 0.868. The lowest BCUT2D eigenvalue weighted by molar-refractivity contribution is -0.161. The number of ether oxygens (including phenoxy) is 4. The fourth-order valence-corrected chi connectivity index (χ4v) is 12.8. The van der Waals surface area contributed by atoms with E-state index in [1.807, 2.05) is 0 Å². The quantitative estimate of drug-likeness (QED) is 0.0222. The van der Waals surface area contributed by atoms with Crippen molar-refractivity contribution in [2.45, 2.75) is 388 Å². The maximum absolute atomic E-state index is 13.0. The van der Waals surface area contributed by atoms with Gasteiger partial charge in [0, 0.05) is 25.7 Å². The molecule has 0 saturated heterocycles. The first-order valence-corrected chi connectivity index (χ1v) is 41.2. The van der Waals surface area contributed by atoms with Crippen LogP contribution in [0.1, 0.15) is 370 Å². The second-order valence-electron chi connectivity index (χ2n) is 28.6. The maximum atomic E-state index is 13.0. The van der Waals surface area contributed by atoms with Crippen molar-refractivity contribution in [3.63, 3.8) is 0 Å². The van der Waals surface area contributed by atoms with Gasteiger partial charge < -0.3 is 33.8 Å². The Morgan fingerprint density at radius 2 is 0.452 bits per heavy atom. The van der Waals surface area contributed by atoms with Crippen LogP contribution in [0.25, 0.3) is 0 Å². The zero-order valence-electron chi connectivity index (χ0n) is 60.9. The van der Waals surface area contributed by atoms with E-state index >= 15 is 0 Å². The molecule has 0 heterocycles. The molecular formula is C74H144O17P2. The first-order valence-electron chi connectivity index (χ1n) is 38.2. The van der Waals surface area contributed by atoms with Gasteiger partial charge in [0.25, 0.3) is 0 Å². The van der Waals surface area contributed by atoms with E-state index < -0.39 is 97.5 Å². The van der Waals surface area contributed by atoms with Crippen LogP contribution in [-0.2, 0) is 65.4 Å². The summed E-state index contributed by atoms with van der Waals surface area (Å²) >= 11 is 0. The molecule has 0 aliphatic heterocycles. The molecule has 0 aromatic carbocycles. The van der Waals surface area contributed by atoms with Gasteiger partial charge in [0.05, 0.1) is 26.4 Å². The van der Waals surface area contributed by atoms with Gasteiger partial charge in [-0.15, -0.1) is 0 Å². The van der Waals surface area contributed by atoms with Crippen LogP contribution in [0.15, 0.2) is 0 Å². The monoisotopic (exact) mass is 1370 g/mol. The van der Waals surface area contributed by atoms with E-state index in [-0.39, 0.29) is 25.7 Å². The second kappa shape index (κ2) is 63.5. The molecule has 0 aromatic heterocycles. The highest BCUT2D eigenvalue weighted by Crippen LogP contribution is 2.45. The predicted molar refractivity (Wildman–Crippen MR) is 377 cm³/mol. The molecule has 0 aliphatic carbocycles. The minimum Gasteiger partial charge on any atom is -0.462 e. The number of aliphatic hydroxyl groups excluding tert-OH is 1. The highest BCUT2D eigenvalue weighted by atomic mass is 31.2. The Bertz CT molecular complexity index is 1830. The van der Waals surface area contributed by atoms with E-state index in [0.29, 0.717) is 31.6 Å². The maximum Gasteiger partial charge on any atom is 0.472 e. The average molecular weight is 1370 g/mol. The topological polar surface area (TPSA) is 237 Å². The summed E-state index contributed by atoms with van der Waals surface area (Å²) < 4.78 is 68.4. The highest BCUT2D eigenvalue weighted by molar-refractivity contribution is 7.47. The molecule has 0 radical (unpaired) electrons. The lowest BCUT2D eigenvalue weighted by atomic mass is 10.0. The van der Waals surface area contributed by atoms with Crippen molar-refractivity contribution in [1.29, 1.82) is 0 Å². The highest BCUT2D eigenvalue weighted by Gasteiger charge is 2.30. The van der Waals surface area contributed by atoms with Crippen LogP contribution < -0.4 is 0 Å². The van der Waals surface area contributed by atoms with Crippen molar-refractivity contribution in [2.75, 3.05) is 39.6 Å². The van der Waals surface area contributed by atoms with Crippen LogP contribution in [0.5, 0.6) is 0 Å². The Kier molecular flexibility index (Phi) is 62.2. The summed E-state index contributed by atoms with van der Waals surface area (Å²) in [7, 11) is -9.91. The molecular weight excluding hydrogens is 1220 g/mol. The molecule has 0 aliphatic rings. The van der Waals surface area contributed by atoms with Crippen LogP contribution >= 0.6 is 15.6 Å². The van der Waals surface area contributed by atoms with Crippen molar-refractivity contribution in [3.8, 4) is 0 Å². The fraction of sp³-hybridized carbons (Fsp3) is 0.946. The third kappa shape index (κ3) is 68.4. The third-order valence-corrected chi connectivity index (χ3v) is 19.0. The number of rotatable bonds is 71. The molecule has 0 bridgehead atoms. The van der Waals surface area contributed by atoms with Gasteiger partial charge in [0.1, 0.15) is 19.3 Å². The van der Waals surface area contributed by atoms with Gasteiger partial charge in [0.2, 0.25) is 0 Å². The van der Waals surface area contributed by atoms with E-state index in [1.165, 1.54) is 167 Å². The van der Waals surface area contributed by atoms with Crippen molar-refractivity contribution in [2.24, 2.45) is 23.7 Å². The van der Waals surface area contributed by atoms with Gasteiger partial charge in [-0.25, -0.2) is 9.13 Å². The molecule has 5 atom stereocenters. The zero-order chi connectivity index (χ0) is 68.9. The Balaban J connectivity index is 5.22. The Morgan fingerprint density at radius 3 is 0.667 bits per heavy atom. The molecule has 0 spiro atoms. The van der Waals surface area contributed by atoms with Crippen LogP contribution in [-0.4, -0.2) is 96.7 Å². The lowest BCUT2D eigenvalue weighted by Gasteiger charge is -2.21. The predicted octanol–water partition coefficient (Wildman–Crippen LogP) is 21.3. The number of hydrogen-bond donors (Lipinski definition) is 3. The molecule has 0 amide bonds. The van der Waals surface area contributed by atoms with E-state index in [2.05, 4.69) is 55.4 Å². The second-order valence-corrected chi connectivity index (χ2v) is 31.5. The number of unbranched alkanes of at least 4 members (excludes halogenated alkanes) is 37. The fourth-order valence-electron chi connectivity index (χ4n) is 11.2. The summed E-state index contributed by atoms with van der Waals surface area (Å²) in [6, 6.07) is 0. The minimum atomic E-state index is -4.96. The standard InChI is InChI=1S/C74H144O17P2/c1-64(2)50-42-34-26-20-15-11-9-13-17-23-29-38-46-54-71(76)84-60-69(90-74(79)57-49-41-31-25-19-22-28-36-44-52-66(5)6)62-88-92(80,81)86-58-68(75)59-87-93(82,83)89-63-70(61-85-72(77)55-47-39-33-32-37-45-53-67(7)8)91-73(78)56-48-40-30-24-18-14-10-12-16-21-27-35-43-51-65(3)4/h64-70,75H,9-63H2,1-8H3,(H,80,81)(H,82,83)/t68-,69-,70-/m1/s1. The molecule has 0 rings (SSSR count). The van der Waals surface area contributed by atoms with Crippen molar-refractivity contribution >= 4 is 39.5 Å². The molecule has 93 heavy (non-hydrogen) atoms. The minimum absolute atomic E-state index is 0.105. The van der Waals surface area contributed by atoms with Gasteiger partial charge in [0.15, 0.2) is 12.2 Å². The summed E-state index contributed by atoms with van der Waals surface area (Å²) in [4.78, 5) is 72.7. The molecule has 0 fully saturated rings. The van der Waals surface area contributed by atoms with Gasteiger partial charge in [-0.3, -0.25) is 37.3 Å². The van der Waals surface area contributed by atoms with Crippen LogP contribution in [0, 0.1) is 23.7 Å². The Labute approximate surface area is 568 Å². The largest absolute Gasteiger partial charge is 0.472 e. The molecule has 19 heteroatoms. The Morgan fingerprint density at radius 1 is 0.269 bits per heavy atom. The van der Waals surface area contributed by atoms with E-state index in [1.54, 1.807) is 0 Å². The summed E-state index contributed by atoms with van der Waals surface area (Å²) in [5.41, 5.74) is 0.